The molecule has 0 aliphatic carbocycles. The Kier molecular flexibility index (Phi) is 5.05. The van der Waals surface area contributed by atoms with Crippen LogP contribution in [0.25, 0.3) is 5.78 Å². The average molecular weight is 416 g/mol. The molecule has 2 heterocycles. The molecule has 1 N–H and O–H groups in total. The minimum atomic E-state index is -0.458. The number of aromatic nitrogens is 4. The van der Waals surface area contributed by atoms with Crippen LogP contribution in [-0.2, 0) is 6.54 Å². The molecule has 0 unspecified atom stereocenters. The molecular formula is C22H17FN6O2. The number of nitriles is 1. The largest absolute Gasteiger partial charge is 0.277 e. The number of amides is 1. The van der Waals surface area contributed by atoms with Crippen molar-refractivity contribution in [3.63, 3.8) is 0 Å². The molecule has 0 aliphatic heterocycles. The standard InChI is InChI=1S/C22H17FN6O2/c1-13-14(2)25-21-26-22(27-29(21)19(13)30)28(12-16-5-3-15(11-24)4-6-16)20(31)17-7-9-18(23)10-8-17/h3-10H,12H2,1-2H3,(H,25,26,27). The van der Waals surface area contributed by atoms with Crippen molar-refractivity contribution >= 4 is 17.6 Å². The highest BCUT2D eigenvalue weighted by Crippen LogP contribution is 2.18. The van der Waals surface area contributed by atoms with Crippen molar-refractivity contribution in [2.24, 2.45) is 0 Å². The second-order valence-electron chi connectivity index (χ2n) is 7.02. The van der Waals surface area contributed by atoms with Crippen LogP contribution in [0.5, 0.6) is 0 Å². The van der Waals surface area contributed by atoms with E-state index in [9.17, 15) is 14.0 Å². The van der Waals surface area contributed by atoms with Crippen molar-refractivity contribution < 1.29 is 9.18 Å². The molecule has 0 spiro atoms. The van der Waals surface area contributed by atoms with Gasteiger partial charge in [-0.2, -0.15) is 14.8 Å². The lowest BCUT2D eigenvalue weighted by molar-refractivity contribution is 0.0983. The fourth-order valence-corrected chi connectivity index (χ4v) is 3.07. The smallest absolute Gasteiger partial charge is 0.272 e. The van der Waals surface area contributed by atoms with E-state index in [0.29, 0.717) is 16.8 Å². The molecular weight excluding hydrogens is 399 g/mol. The Morgan fingerprint density at radius 1 is 1.13 bits per heavy atom. The molecule has 8 nitrogen and oxygen atoms in total. The zero-order valence-electron chi connectivity index (χ0n) is 16.8. The van der Waals surface area contributed by atoms with Crippen molar-refractivity contribution in [1.29, 1.82) is 5.26 Å². The van der Waals surface area contributed by atoms with Crippen LogP contribution in [0.2, 0.25) is 0 Å². The van der Waals surface area contributed by atoms with E-state index in [1.165, 1.54) is 33.7 Å². The highest BCUT2D eigenvalue weighted by Gasteiger charge is 2.23. The molecule has 31 heavy (non-hydrogen) atoms. The van der Waals surface area contributed by atoms with Crippen LogP contribution in [0.4, 0.5) is 10.3 Å². The van der Waals surface area contributed by atoms with Gasteiger partial charge in [0.15, 0.2) is 0 Å². The SMILES string of the molecule is Cc1nc2nc(N(Cc3ccc(C#N)cc3)C(=O)c3ccc(F)cc3)[nH]n2c(=O)c1C. The lowest BCUT2D eigenvalue weighted by atomic mass is 10.1. The summed E-state index contributed by atoms with van der Waals surface area (Å²) in [5.74, 6) is -0.640. The Labute approximate surface area is 176 Å². The predicted molar refractivity (Wildman–Crippen MR) is 111 cm³/mol. The quantitative estimate of drug-likeness (QED) is 0.550. The number of hydrogen-bond donors (Lipinski definition) is 1. The Morgan fingerprint density at radius 3 is 2.45 bits per heavy atom. The zero-order valence-corrected chi connectivity index (χ0v) is 16.8. The van der Waals surface area contributed by atoms with Gasteiger partial charge in [0.05, 0.1) is 18.2 Å². The number of carbonyl (C=O) groups is 1. The van der Waals surface area contributed by atoms with Crippen molar-refractivity contribution in [3.8, 4) is 6.07 Å². The summed E-state index contributed by atoms with van der Waals surface area (Å²) in [5, 5.41) is 11.8. The van der Waals surface area contributed by atoms with E-state index in [4.69, 9.17) is 5.26 Å². The molecule has 0 bridgehead atoms. The molecule has 0 atom stereocenters. The first-order chi connectivity index (χ1) is 14.9. The van der Waals surface area contributed by atoms with E-state index >= 15 is 0 Å². The van der Waals surface area contributed by atoms with Gasteiger partial charge in [0.1, 0.15) is 5.82 Å². The van der Waals surface area contributed by atoms with Crippen molar-refractivity contribution in [3.05, 3.63) is 92.6 Å². The normalized spacial score (nSPS) is 10.8. The maximum atomic E-state index is 13.3. The number of fused-ring (bicyclic) bond motifs is 1. The van der Waals surface area contributed by atoms with Crippen LogP contribution < -0.4 is 10.5 Å². The summed E-state index contributed by atoms with van der Waals surface area (Å²) in [7, 11) is 0. The summed E-state index contributed by atoms with van der Waals surface area (Å²) in [6.45, 7) is 3.48. The molecule has 9 heteroatoms. The van der Waals surface area contributed by atoms with Crippen LogP contribution in [0.15, 0.2) is 53.3 Å². The van der Waals surface area contributed by atoms with E-state index in [2.05, 4.69) is 15.1 Å². The Balaban J connectivity index is 1.81. The van der Waals surface area contributed by atoms with Crippen LogP contribution in [0.1, 0.15) is 32.7 Å². The third kappa shape index (κ3) is 3.79. The van der Waals surface area contributed by atoms with Crippen molar-refractivity contribution in [1.82, 2.24) is 19.6 Å². The number of aryl methyl sites for hydroxylation is 1. The molecule has 1 amide bonds. The summed E-state index contributed by atoms with van der Waals surface area (Å²) in [5.41, 5.74) is 2.19. The molecule has 0 saturated carbocycles. The fraction of sp³-hybridized carbons (Fsp3) is 0.136. The van der Waals surface area contributed by atoms with Gasteiger partial charge in [-0.25, -0.2) is 9.37 Å². The van der Waals surface area contributed by atoms with Crippen LogP contribution in [0, 0.1) is 31.0 Å². The average Bonchev–Trinajstić information content (AvgIpc) is 3.20. The molecule has 2 aromatic heterocycles. The maximum Gasteiger partial charge on any atom is 0.277 e. The van der Waals surface area contributed by atoms with Crippen LogP contribution in [0.3, 0.4) is 0 Å². The minimum Gasteiger partial charge on any atom is -0.272 e. The summed E-state index contributed by atoms with van der Waals surface area (Å²) in [6.07, 6.45) is 0. The topological polar surface area (TPSA) is 107 Å². The summed E-state index contributed by atoms with van der Waals surface area (Å²) in [6, 6.07) is 14.0. The van der Waals surface area contributed by atoms with E-state index < -0.39 is 11.7 Å². The number of hydrogen-bond acceptors (Lipinski definition) is 5. The first-order valence-electron chi connectivity index (χ1n) is 9.40. The van der Waals surface area contributed by atoms with E-state index in [1.54, 1.807) is 38.1 Å². The van der Waals surface area contributed by atoms with E-state index in [1.807, 2.05) is 6.07 Å². The number of carbonyl (C=O) groups excluding carboxylic acids is 1. The Bertz CT molecular complexity index is 1380. The molecule has 4 aromatic rings. The first kappa shape index (κ1) is 20.0. The second-order valence-corrected chi connectivity index (χ2v) is 7.02. The summed E-state index contributed by atoms with van der Waals surface area (Å²) < 4.78 is 14.5. The highest BCUT2D eigenvalue weighted by atomic mass is 19.1. The van der Waals surface area contributed by atoms with Gasteiger partial charge in [0.2, 0.25) is 5.95 Å². The summed E-state index contributed by atoms with van der Waals surface area (Å²) in [4.78, 5) is 35.8. The number of aromatic amines is 1. The van der Waals surface area contributed by atoms with Crippen molar-refractivity contribution in [2.75, 3.05) is 4.90 Å². The molecule has 0 radical (unpaired) electrons. The number of H-pyrrole nitrogens is 1. The van der Waals surface area contributed by atoms with Gasteiger partial charge in [0, 0.05) is 16.8 Å². The molecule has 0 fully saturated rings. The van der Waals surface area contributed by atoms with Gasteiger partial charge in [-0.1, -0.05) is 12.1 Å². The maximum absolute atomic E-state index is 13.3. The van der Waals surface area contributed by atoms with Crippen molar-refractivity contribution in [2.45, 2.75) is 20.4 Å². The number of rotatable bonds is 4. The van der Waals surface area contributed by atoms with Gasteiger partial charge in [-0.05, 0) is 55.8 Å². The first-order valence-corrected chi connectivity index (χ1v) is 9.40. The van der Waals surface area contributed by atoms with Gasteiger partial charge < -0.3 is 0 Å². The number of anilines is 1. The van der Waals surface area contributed by atoms with Crippen LogP contribution in [-0.4, -0.2) is 25.5 Å². The lowest BCUT2D eigenvalue weighted by Crippen LogP contribution is -2.31. The number of nitrogens with one attached hydrogen (secondary N) is 1. The lowest BCUT2D eigenvalue weighted by Gasteiger charge is -2.20. The predicted octanol–water partition coefficient (Wildman–Crippen LogP) is 2.89. The molecule has 0 aliphatic rings. The fourth-order valence-electron chi connectivity index (χ4n) is 3.07. The third-order valence-corrected chi connectivity index (χ3v) is 4.97. The zero-order chi connectivity index (χ0) is 22.1. The van der Waals surface area contributed by atoms with Gasteiger partial charge in [-0.3, -0.25) is 19.6 Å². The van der Waals surface area contributed by atoms with Gasteiger partial charge >= 0.3 is 0 Å². The third-order valence-electron chi connectivity index (χ3n) is 4.97. The van der Waals surface area contributed by atoms with E-state index in [0.717, 1.165) is 5.56 Å². The minimum absolute atomic E-state index is 0.106. The number of halogens is 1. The monoisotopic (exact) mass is 416 g/mol. The van der Waals surface area contributed by atoms with E-state index in [-0.39, 0.29) is 29.4 Å². The van der Waals surface area contributed by atoms with Gasteiger partial charge in [0.25, 0.3) is 17.2 Å². The highest BCUT2D eigenvalue weighted by molar-refractivity contribution is 6.05. The van der Waals surface area contributed by atoms with Gasteiger partial charge in [-0.15, -0.1) is 0 Å². The number of nitrogens with zero attached hydrogens (tertiary/aromatic N) is 5. The Morgan fingerprint density at radius 2 is 1.81 bits per heavy atom. The Hall–Kier alpha value is -4.32. The molecule has 154 valence electrons. The summed E-state index contributed by atoms with van der Waals surface area (Å²) >= 11 is 0. The van der Waals surface area contributed by atoms with Crippen LogP contribution >= 0.6 is 0 Å². The number of benzene rings is 2. The molecule has 2 aromatic carbocycles. The molecule has 0 saturated heterocycles. The second kappa shape index (κ2) is 7.84. The molecule has 4 rings (SSSR count).